The van der Waals surface area contributed by atoms with Crippen LogP contribution >= 0.6 is 0 Å². The molecule has 0 unspecified atom stereocenters. The van der Waals surface area contributed by atoms with E-state index in [2.05, 4.69) is 20.1 Å². The van der Waals surface area contributed by atoms with Gasteiger partial charge in [0.2, 0.25) is 0 Å². The van der Waals surface area contributed by atoms with E-state index in [-0.39, 0.29) is 5.82 Å². The molecule has 0 saturated heterocycles. The molecule has 0 fully saturated rings. The predicted octanol–water partition coefficient (Wildman–Crippen LogP) is 2.96. The molecule has 3 heterocycles. The fraction of sp³-hybridized carbons (Fsp3) is 0.111. The molecule has 0 radical (unpaired) electrons. The van der Waals surface area contributed by atoms with Gasteiger partial charge in [0, 0.05) is 37.1 Å². The number of anilines is 1. The number of halogens is 1. The molecule has 4 rings (SSSR count). The average molecular weight is 334 g/mol. The standard InChI is InChI=1S/C18H15FN6/c1-24(12-13-11-20-8-9-21-13)18-10-16(14-4-2-3-5-15(14)19)23-17-6-7-22-25(17)18/h2-11H,12H2,1H3. The van der Waals surface area contributed by atoms with Gasteiger partial charge >= 0.3 is 0 Å². The molecule has 0 amide bonds. The quantitative estimate of drug-likeness (QED) is 0.574. The highest BCUT2D eigenvalue weighted by Gasteiger charge is 2.14. The Bertz CT molecular complexity index is 1010. The van der Waals surface area contributed by atoms with E-state index < -0.39 is 0 Å². The lowest BCUT2D eigenvalue weighted by molar-refractivity contribution is 0.630. The van der Waals surface area contributed by atoms with E-state index >= 15 is 0 Å². The maximum Gasteiger partial charge on any atom is 0.157 e. The molecule has 1 aromatic carbocycles. The Labute approximate surface area is 143 Å². The zero-order valence-electron chi connectivity index (χ0n) is 13.5. The van der Waals surface area contributed by atoms with Crippen molar-refractivity contribution in [1.82, 2.24) is 24.6 Å². The summed E-state index contributed by atoms with van der Waals surface area (Å²) in [7, 11) is 1.93. The van der Waals surface area contributed by atoms with Gasteiger partial charge in [0.05, 0.1) is 30.3 Å². The van der Waals surface area contributed by atoms with Crippen LogP contribution in [0.25, 0.3) is 16.9 Å². The zero-order chi connectivity index (χ0) is 17.2. The third-order valence-corrected chi connectivity index (χ3v) is 3.90. The molecule has 4 aromatic rings. The summed E-state index contributed by atoms with van der Waals surface area (Å²) in [5, 5.41) is 4.32. The van der Waals surface area contributed by atoms with Crippen molar-refractivity contribution >= 4 is 11.5 Å². The van der Waals surface area contributed by atoms with E-state index in [1.165, 1.54) is 6.07 Å². The van der Waals surface area contributed by atoms with E-state index in [9.17, 15) is 4.39 Å². The summed E-state index contributed by atoms with van der Waals surface area (Å²) in [5.74, 6) is 0.486. The Hall–Kier alpha value is -3.35. The van der Waals surface area contributed by atoms with Gasteiger partial charge in [-0.3, -0.25) is 9.97 Å². The van der Waals surface area contributed by atoms with Crippen LogP contribution in [0.15, 0.2) is 61.2 Å². The van der Waals surface area contributed by atoms with Gasteiger partial charge in [0.15, 0.2) is 5.65 Å². The minimum atomic E-state index is -0.304. The Morgan fingerprint density at radius 2 is 2.00 bits per heavy atom. The van der Waals surface area contributed by atoms with Crippen LogP contribution in [0.3, 0.4) is 0 Å². The summed E-state index contributed by atoms with van der Waals surface area (Å²) in [6.45, 7) is 0.545. The molecule has 6 nitrogen and oxygen atoms in total. The molecule has 3 aromatic heterocycles. The SMILES string of the molecule is CN(Cc1cnccn1)c1cc(-c2ccccc2F)nc2ccnn12. The van der Waals surface area contributed by atoms with Crippen molar-refractivity contribution in [1.29, 1.82) is 0 Å². The first-order valence-corrected chi connectivity index (χ1v) is 7.78. The van der Waals surface area contributed by atoms with Crippen LogP contribution in [-0.2, 0) is 6.54 Å². The molecule has 7 heteroatoms. The lowest BCUT2D eigenvalue weighted by Gasteiger charge is -2.20. The van der Waals surface area contributed by atoms with Gasteiger partial charge in [0.1, 0.15) is 11.6 Å². The van der Waals surface area contributed by atoms with E-state index in [4.69, 9.17) is 0 Å². The molecule has 25 heavy (non-hydrogen) atoms. The van der Waals surface area contributed by atoms with Crippen LogP contribution in [0.2, 0.25) is 0 Å². The lowest BCUT2D eigenvalue weighted by Crippen LogP contribution is -2.21. The van der Waals surface area contributed by atoms with Crippen LogP contribution in [0, 0.1) is 5.82 Å². The summed E-state index contributed by atoms with van der Waals surface area (Å²) in [5.41, 5.74) is 2.50. The van der Waals surface area contributed by atoms with Crippen molar-refractivity contribution in [2.45, 2.75) is 6.54 Å². The first kappa shape index (κ1) is 15.2. The maximum atomic E-state index is 14.2. The second-order valence-electron chi connectivity index (χ2n) is 5.63. The van der Waals surface area contributed by atoms with Crippen LogP contribution in [0.1, 0.15) is 5.69 Å². The molecule has 0 atom stereocenters. The van der Waals surface area contributed by atoms with Gasteiger partial charge in [-0.2, -0.15) is 9.61 Å². The number of hydrogen-bond donors (Lipinski definition) is 0. The number of benzene rings is 1. The fourth-order valence-corrected chi connectivity index (χ4v) is 2.71. The van der Waals surface area contributed by atoms with E-state index in [0.29, 0.717) is 23.4 Å². The van der Waals surface area contributed by atoms with Crippen molar-refractivity contribution in [3.05, 3.63) is 72.7 Å². The van der Waals surface area contributed by atoms with Crippen LogP contribution in [0.5, 0.6) is 0 Å². The first-order valence-electron chi connectivity index (χ1n) is 7.78. The Morgan fingerprint density at radius 1 is 1.12 bits per heavy atom. The molecule has 0 aliphatic carbocycles. The largest absolute Gasteiger partial charge is 0.354 e. The van der Waals surface area contributed by atoms with Crippen LogP contribution in [0.4, 0.5) is 10.2 Å². The van der Waals surface area contributed by atoms with Crippen molar-refractivity contribution in [3.63, 3.8) is 0 Å². The highest BCUT2D eigenvalue weighted by atomic mass is 19.1. The maximum absolute atomic E-state index is 14.2. The van der Waals surface area contributed by atoms with Gasteiger partial charge in [-0.05, 0) is 12.1 Å². The Kier molecular flexibility index (Phi) is 3.81. The summed E-state index contributed by atoms with van der Waals surface area (Å²) in [6.07, 6.45) is 6.69. The molecule has 124 valence electrons. The van der Waals surface area contributed by atoms with Gasteiger partial charge in [-0.15, -0.1) is 0 Å². The Balaban J connectivity index is 1.80. The summed E-state index contributed by atoms with van der Waals surface area (Å²) < 4.78 is 15.9. The highest BCUT2D eigenvalue weighted by molar-refractivity contribution is 5.67. The molecular weight excluding hydrogens is 319 g/mol. The van der Waals surface area contributed by atoms with Crippen molar-refractivity contribution in [2.75, 3.05) is 11.9 Å². The van der Waals surface area contributed by atoms with Crippen molar-refractivity contribution in [2.24, 2.45) is 0 Å². The number of hydrogen-bond acceptors (Lipinski definition) is 5. The second kappa shape index (κ2) is 6.27. The molecular formula is C18H15FN6. The average Bonchev–Trinajstić information content (AvgIpc) is 3.10. The summed E-state index contributed by atoms with van der Waals surface area (Å²) >= 11 is 0. The molecule has 0 saturated carbocycles. The second-order valence-corrected chi connectivity index (χ2v) is 5.63. The summed E-state index contributed by atoms with van der Waals surface area (Å²) in [6, 6.07) is 10.2. The van der Waals surface area contributed by atoms with Crippen molar-refractivity contribution < 1.29 is 4.39 Å². The highest BCUT2D eigenvalue weighted by Crippen LogP contribution is 2.26. The monoisotopic (exact) mass is 334 g/mol. The molecule has 0 aliphatic heterocycles. The molecule has 0 N–H and O–H groups in total. The molecule has 0 aliphatic rings. The third-order valence-electron chi connectivity index (χ3n) is 3.90. The van der Waals surface area contributed by atoms with Gasteiger partial charge in [-0.25, -0.2) is 9.37 Å². The predicted molar refractivity (Wildman–Crippen MR) is 92.5 cm³/mol. The molecule has 0 spiro atoms. The number of aromatic nitrogens is 5. The minimum absolute atomic E-state index is 0.304. The van der Waals surface area contributed by atoms with Crippen LogP contribution in [-0.4, -0.2) is 31.6 Å². The lowest BCUT2D eigenvalue weighted by atomic mass is 10.1. The number of fused-ring (bicyclic) bond motifs is 1. The topological polar surface area (TPSA) is 59.2 Å². The zero-order valence-corrected chi connectivity index (χ0v) is 13.5. The molecule has 0 bridgehead atoms. The smallest absolute Gasteiger partial charge is 0.157 e. The number of rotatable bonds is 4. The van der Waals surface area contributed by atoms with E-state index in [1.54, 1.807) is 53.6 Å². The van der Waals surface area contributed by atoms with E-state index in [1.807, 2.05) is 18.0 Å². The first-order chi connectivity index (χ1) is 12.2. The number of nitrogens with zero attached hydrogens (tertiary/aromatic N) is 6. The normalized spacial score (nSPS) is 11.0. The fourth-order valence-electron chi connectivity index (χ4n) is 2.71. The van der Waals surface area contributed by atoms with Crippen molar-refractivity contribution in [3.8, 4) is 11.3 Å². The summed E-state index contributed by atoms with van der Waals surface area (Å²) in [4.78, 5) is 14.9. The van der Waals surface area contributed by atoms with Gasteiger partial charge in [-0.1, -0.05) is 12.1 Å². The Morgan fingerprint density at radius 3 is 2.80 bits per heavy atom. The van der Waals surface area contributed by atoms with Crippen LogP contribution < -0.4 is 4.90 Å². The minimum Gasteiger partial charge on any atom is -0.354 e. The van der Waals surface area contributed by atoms with Gasteiger partial charge in [0.25, 0.3) is 0 Å². The third kappa shape index (κ3) is 2.91. The van der Waals surface area contributed by atoms with Gasteiger partial charge < -0.3 is 4.90 Å². The van der Waals surface area contributed by atoms with E-state index in [0.717, 1.165) is 11.5 Å².